The summed E-state index contributed by atoms with van der Waals surface area (Å²) in [5.74, 6) is -0.0767. The van der Waals surface area contributed by atoms with Gasteiger partial charge in [0.25, 0.3) is 0 Å². The molecule has 0 amide bonds. The molecule has 0 aliphatic carbocycles. The minimum atomic E-state index is -0.268. The Morgan fingerprint density at radius 2 is 1.91 bits per heavy atom. The van der Waals surface area contributed by atoms with Gasteiger partial charge in [-0.15, -0.1) is 11.3 Å². The van der Waals surface area contributed by atoms with E-state index >= 15 is 0 Å². The Morgan fingerprint density at radius 1 is 1.17 bits per heavy atom. The molecule has 3 aromatic rings. The van der Waals surface area contributed by atoms with Gasteiger partial charge in [-0.2, -0.15) is 0 Å². The summed E-state index contributed by atoms with van der Waals surface area (Å²) < 4.78 is 13.2. The third kappa shape index (κ3) is 3.19. The first kappa shape index (κ1) is 15.8. The number of halogens is 1. The van der Waals surface area contributed by atoms with Gasteiger partial charge >= 0.3 is 0 Å². The highest BCUT2D eigenvalue weighted by molar-refractivity contribution is 7.13. The lowest BCUT2D eigenvalue weighted by atomic mass is 9.94. The first-order chi connectivity index (χ1) is 11.1. The molecule has 2 nitrogen and oxygen atoms in total. The smallest absolute Gasteiger partial charge is 0.123 e. The van der Waals surface area contributed by atoms with Gasteiger partial charge in [0.15, 0.2) is 0 Å². The Morgan fingerprint density at radius 3 is 2.48 bits per heavy atom. The second-order valence-electron chi connectivity index (χ2n) is 5.72. The summed E-state index contributed by atoms with van der Waals surface area (Å²) in [6, 6.07) is 12.4. The number of aromatic nitrogens is 1. The fourth-order valence-corrected chi connectivity index (χ4v) is 3.36. The molecular weight excluding hydrogens is 309 g/mol. The van der Waals surface area contributed by atoms with Crippen molar-refractivity contribution in [2.45, 2.75) is 26.4 Å². The standard InChI is InChI=1S/C19H18FNOS/c1-12(2)19-16(11-22)15(13-5-7-14(20)8-6-13)10-17(21-19)18-4-3-9-23-18/h3-10,12,22H,11H2,1-2H3. The molecule has 0 aliphatic rings. The summed E-state index contributed by atoms with van der Waals surface area (Å²) in [6.45, 7) is 4.04. The van der Waals surface area contributed by atoms with Crippen LogP contribution in [-0.2, 0) is 6.61 Å². The van der Waals surface area contributed by atoms with Gasteiger partial charge in [0.2, 0.25) is 0 Å². The van der Waals surface area contributed by atoms with E-state index in [0.717, 1.165) is 33.0 Å². The topological polar surface area (TPSA) is 33.1 Å². The molecule has 0 radical (unpaired) electrons. The summed E-state index contributed by atoms with van der Waals surface area (Å²) in [6.07, 6.45) is 0. The van der Waals surface area contributed by atoms with Crippen LogP contribution in [0, 0.1) is 5.82 Å². The number of benzene rings is 1. The Bertz CT molecular complexity index is 795. The van der Waals surface area contributed by atoms with E-state index in [9.17, 15) is 9.50 Å². The lowest BCUT2D eigenvalue weighted by Gasteiger charge is -2.17. The third-order valence-electron chi connectivity index (χ3n) is 3.79. The second kappa shape index (κ2) is 6.60. The summed E-state index contributed by atoms with van der Waals surface area (Å²) in [7, 11) is 0. The van der Waals surface area contributed by atoms with Crippen molar-refractivity contribution >= 4 is 11.3 Å². The van der Waals surface area contributed by atoms with E-state index in [4.69, 9.17) is 4.98 Å². The number of rotatable bonds is 4. The molecule has 23 heavy (non-hydrogen) atoms. The van der Waals surface area contributed by atoms with Gasteiger partial charge in [-0.1, -0.05) is 32.0 Å². The lowest BCUT2D eigenvalue weighted by molar-refractivity contribution is 0.280. The first-order valence-corrected chi connectivity index (χ1v) is 8.42. The highest BCUT2D eigenvalue weighted by Crippen LogP contribution is 2.34. The normalized spacial score (nSPS) is 11.2. The second-order valence-corrected chi connectivity index (χ2v) is 6.66. The van der Waals surface area contributed by atoms with Crippen molar-refractivity contribution < 1.29 is 9.50 Å². The molecule has 1 aromatic carbocycles. The zero-order valence-corrected chi connectivity index (χ0v) is 13.9. The fraction of sp³-hybridized carbons (Fsp3) is 0.211. The van der Waals surface area contributed by atoms with E-state index in [0.29, 0.717) is 0 Å². The van der Waals surface area contributed by atoms with Gasteiger partial charge < -0.3 is 5.11 Å². The van der Waals surface area contributed by atoms with Crippen LogP contribution in [0.15, 0.2) is 47.8 Å². The summed E-state index contributed by atoms with van der Waals surface area (Å²) >= 11 is 1.63. The predicted octanol–water partition coefficient (Wildman–Crippen LogP) is 5.23. The van der Waals surface area contributed by atoms with Crippen LogP contribution in [0.25, 0.3) is 21.7 Å². The van der Waals surface area contributed by atoms with Crippen molar-refractivity contribution in [2.75, 3.05) is 0 Å². The van der Waals surface area contributed by atoms with Crippen molar-refractivity contribution in [3.05, 3.63) is 64.9 Å². The summed E-state index contributed by atoms with van der Waals surface area (Å²) in [5.41, 5.74) is 4.39. The van der Waals surface area contributed by atoms with Gasteiger partial charge in [-0.05, 0) is 46.7 Å². The number of aliphatic hydroxyl groups is 1. The largest absolute Gasteiger partial charge is 0.392 e. The van der Waals surface area contributed by atoms with Crippen LogP contribution in [0.2, 0.25) is 0 Å². The molecule has 2 aromatic heterocycles. The SMILES string of the molecule is CC(C)c1nc(-c2cccs2)cc(-c2ccc(F)cc2)c1CO. The summed E-state index contributed by atoms with van der Waals surface area (Å²) in [4.78, 5) is 5.85. The number of aliphatic hydroxyl groups excluding tert-OH is 1. The third-order valence-corrected chi connectivity index (χ3v) is 4.68. The molecule has 0 fully saturated rings. The van der Waals surface area contributed by atoms with E-state index in [1.807, 2.05) is 23.6 Å². The molecule has 0 spiro atoms. The van der Waals surface area contributed by atoms with Crippen molar-refractivity contribution in [1.29, 1.82) is 0 Å². The van der Waals surface area contributed by atoms with Crippen molar-refractivity contribution in [1.82, 2.24) is 4.98 Å². The molecule has 0 saturated carbocycles. The van der Waals surface area contributed by atoms with E-state index in [2.05, 4.69) is 13.8 Å². The average Bonchev–Trinajstić information content (AvgIpc) is 3.08. The Balaban J connectivity index is 2.25. The number of hydrogen-bond acceptors (Lipinski definition) is 3. The molecule has 118 valence electrons. The minimum absolute atomic E-state index is 0.0854. The van der Waals surface area contributed by atoms with Gasteiger partial charge in [0.1, 0.15) is 5.82 Å². The molecule has 2 heterocycles. The molecule has 4 heteroatoms. The number of pyridine rings is 1. The maximum Gasteiger partial charge on any atom is 0.123 e. The monoisotopic (exact) mass is 327 g/mol. The highest BCUT2D eigenvalue weighted by atomic mass is 32.1. The zero-order chi connectivity index (χ0) is 16.4. The van der Waals surface area contributed by atoms with Crippen LogP contribution in [0.3, 0.4) is 0 Å². The van der Waals surface area contributed by atoms with Crippen LogP contribution in [0.1, 0.15) is 31.0 Å². The van der Waals surface area contributed by atoms with Crippen LogP contribution in [0.4, 0.5) is 4.39 Å². The van der Waals surface area contributed by atoms with Gasteiger partial charge in [-0.3, -0.25) is 4.98 Å². The molecule has 0 aliphatic heterocycles. The van der Waals surface area contributed by atoms with E-state index < -0.39 is 0 Å². The van der Waals surface area contributed by atoms with E-state index in [1.54, 1.807) is 23.5 Å². The molecular formula is C19H18FNOS. The van der Waals surface area contributed by atoms with Crippen molar-refractivity contribution in [2.24, 2.45) is 0 Å². The zero-order valence-electron chi connectivity index (χ0n) is 13.1. The van der Waals surface area contributed by atoms with E-state index in [-0.39, 0.29) is 18.3 Å². The van der Waals surface area contributed by atoms with E-state index in [1.165, 1.54) is 12.1 Å². The molecule has 0 atom stereocenters. The Labute approximate surface area is 139 Å². The molecule has 0 bridgehead atoms. The van der Waals surface area contributed by atoms with Crippen LogP contribution >= 0.6 is 11.3 Å². The maximum absolute atomic E-state index is 13.2. The van der Waals surface area contributed by atoms with Gasteiger partial charge in [0.05, 0.1) is 17.2 Å². The summed E-state index contributed by atoms with van der Waals surface area (Å²) in [5, 5.41) is 11.9. The number of hydrogen-bond donors (Lipinski definition) is 1. The molecule has 0 saturated heterocycles. The highest BCUT2D eigenvalue weighted by Gasteiger charge is 2.17. The maximum atomic E-state index is 13.2. The first-order valence-electron chi connectivity index (χ1n) is 7.54. The predicted molar refractivity (Wildman–Crippen MR) is 93.0 cm³/mol. The lowest BCUT2D eigenvalue weighted by Crippen LogP contribution is -2.04. The number of thiophene rings is 1. The number of nitrogens with zero attached hydrogens (tertiary/aromatic N) is 1. The van der Waals surface area contributed by atoms with Crippen LogP contribution in [-0.4, -0.2) is 10.1 Å². The molecule has 3 rings (SSSR count). The minimum Gasteiger partial charge on any atom is -0.392 e. The van der Waals surface area contributed by atoms with Crippen LogP contribution < -0.4 is 0 Å². The quantitative estimate of drug-likeness (QED) is 0.711. The van der Waals surface area contributed by atoms with Crippen molar-refractivity contribution in [3.63, 3.8) is 0 Å². The van der Waals surface area contributed by atoms with Gasteiger partial charge in [-0.25, -0.2) is 4.39 Å². The fourth-order valence-electron chi connectivity index (χ4n) is 2.67. The Kier molecular flexibility index (Phi) is 4.55. The van der Waals surface area contributed by atoms with Crippen LogP contribution in [0.5, 0.6) is 0 Å². The Hall–Kier alpha value is -2.04. The average molecular weight is 327 g/mol. The van der Waals surface area contributed by atoms with Gasteiger partial charge in [0, 0.05) is 11.3 Å². The van der Waals surface area contributed by atoms with Crippen molar-refractivity contribution in [3.8, 4) is 21.7 Å². The molecule has 0 unspecified atom stereocenters. The molecule has 1 N–H and O–H groups in total.